The van der Waals surface area contributed by atoms with E-state index >= 15 is 0 Å². The molecule has 1 fully saturated rings. The molecule has 4 heteroatoms. The molecule has 0 aliphatic heterocycles. The van der Waals surface area contributed by atoms with Crippen molar-refractivity contribution in [2.45, 2.75) is 37.8 Å². The van der Waals surface area contributed by atoms with Crippen LogP contribution in [0.1, 0.15) is 31.2 Å². The predicted molar refractivity (Wildman–Crippen MR) is 67.0 cm³/mol. The van der Waals surface area contributed by atoms with Gasteiger partial charge in [0.05, 0.1) is 16.7 Å². The summed E-state index contributed by atoms with van der Waals surface area (Å²) in [6, 6.07) is 7.56. The van der Waals surface area contributed by atoms with Crippen LogP contribution in [0.15, 0.2) is 18.2 Å². The molecule has 0 unspecified atom stereocenters. The van der Waals surface area contributed by atoms with Gasteiger partial charge in [-0.25, -0.2) is 0 Å². The summed E-state index contributed by atoms with van der Waals surface area (Å²) >= 11 is 5.86. The molecule has 0 radical (unpaired) electrons. The Kier molecular flexibility index (Phi) is 3.88. The van der Waals surface area contributed by atoms with Crippen LogP contribution in [0.5, 0.6) is 5.75 Å². The summed E-state index contributed by atoms with van der Waals surface area (Å²) in [5.41, 5.74) is 6.30. The van der Waals surface area contributed by atoms with Crippen molar-refractivity contribution in [1.29, 1.82) is 5.26 Å². The zero-order chi connectivity index (χ0) is 12.3. The van der Waals surface area contributed by atoms with Gasteiger partial charge >= 0.3 is 0 Å². The molecule has 2 rings (SSSR count). The SMILES string of the molecule is N#Cc1cc(O[C@H]2CC[C@H](N)CC2)ccc1Cl. The number of nitrogens with zero attached hydrogens (tertiary/aromatic N) is 1. The summed E-state index contributed by atoms with van der Waals surface area (Å²) in [6.45, 7) is 0. The summed E-state index contributed by atoms with van der Waals surface area (Å²) < 4.78 is 5.84. The Labute approximate surface area is 106 Å². The summed E-state index contributed by atoms with van der Waals surface area (Å²) in [5.74, 6) is 0.714. The fourth-order valence-corrected chi connectivity index (χ4v) is 2.22. The maximum Gasteiger partial charge on any atom is 0.121 e. The molecular formula is C13H15ClN2O. The zero-order valence-corrected chi connectivity index (χ0v) is 10.3. The maximum atomic E-state index is 8.88. The van der Waals surface area contributed by atoms with Crippen LogP contribution < -0.4 is 10.5 Å². The number of hydrogen-bond acceptors (Lipinski definition) is 3. The van der Waals surface area contributed by atoms with Crippen molar-refractivity contribution in [1.82, 2.24) is 0 Å². The quantitative estimate of drug-likeness (QED) is 0.878. The van der Waals surface area contributed by atoms with Gasteiger partial charge in [0.25, 0.3) is 0 Å². The van der Waals surface area contributed by atoms with Crippen LogP contribution in [0.2, 0.25) is 5.02 Å². The van der Waals surface area contributed by atoms with Crippen molar-refractivity contribution in [3.05, 3.63) is 28.8 Å². The van der Waals surface area contributed by atoms with Crippen LogP contribution in [-0.2, 0) is 0 Å². The average molecular weight is 251 g/mol. The van der Waals surface area contributed by atoms with Crippen LogP contribution in [0.3, 0.4) is 0 Å². The maximum absolute atomic E-state index is 8.88. The van der Waals surface area contributed by atoms with Gasteiger partial charge in [0.2, 0.25) is 0 Å². The molecule has 1 aliphatic rings. The zero-order valence-electron chi connectivity index (χ0n) is 9.53. The molecule has 90 valence electrons. The lowest BCUT2D eigenvalue weighted by Gasteiger charge is -2.26. The Bertz CT molecular complexity index is 434. The van der Waals surface area contributed by atoms with E-state index in [1.165, 1.54) is 0 Å². The third-order valence-electron chi connectivity index (χ3n) is 3.08. The molecule has 1 saturated carbocycles. The van der Waals surface area contributed by atoms with Gasteiger partial charge in [-0.2, -0.15) is 5.26 Å². The van der Waals surface area contributed by atoms with E-state index in [1.54, 1.807) is 18.2 Å². The lowest BCUT2D eigenvalue weighted by atomic mass is 9.94. The van der Waals surface area contributed by atoms with Crippen LogP contribution in [0.4, 0.5) is 0 Å². The minimum Gasteiger partial charge on any atom is -0.490 e. The number of rotatable bonds is 2. The number of nitrogens with two attached hydrogens (primary N) is 1. The van der Waals surface area contributed by atoms with E-state index in [1.807, 2.05) is 6.07 Å². The van der Waals surface area contributed by atoms with Gasteiger partial charge in [0.15, 0.2) is 0 Å². The monoisotopic (exact) mass is 250 g/mol. The lowest BCUT2D eigenvalue weighted by Crippen LogP contribution is -2.31. The van der Waals surface area contributed by atoms with Gasteiger partial charge in [-0.15, -0.1) is 0 Å². The van der Waals surface area contributed by atoms with Crippen LogP contribution in [-0.4, -0.2) is 12.1 Å². The lowest BCUT2D eigenvalue weighted by molar-refractivity contribution is 0.147. The molecule has 17 heavy (non-hydrogen) atoms. The normalized spacial score (nSPS) is 24.1. The number of ether oxygens (including phenoxy) is 1. The summed E-state index contributed by atoms with van der Waals surface area (Å²) in [7, 11) is 0. The fraction of sp³-hybridized carbons (Fsp3) is 0.462. The van der Waals surface area contributed by atoms with Gasteiger partial charge in [0, 0.05) is 6.04 Å². The first-order valence-electron chi connectivity index (χ1n) is 5.81. The standard InChI is InChI=1S/C13H15ClN2O/c14-13-6-5-12(7-9(13)8-15)17-11-3-1-10(16)2-4-11/h5-7,10-11H,1-4,16H2/t10-,11-. The first kappa shape index (κ1) is 12.2. The van der Waals surface area contributed by atoms with E-state index in [9.17, 15) is 0 Å². The van der Waals surface area contributed by atoms with Crippen LogP contribution in [0.25, 0.3) is 0 Å². The van der Waals surface area contributed by atoms with E-state index < -0.39 is 0 Å². The second-order valence-electron chi connectivity index (χ2n) is 4.41. The minimum atomic E-state index is 0.211. The topological polar surface area (TPSA) is 59.0 Å². The second-order valence-corrected chi connectivity index (χ2v) is 4.82. The van der Waals surface area contributed by atoms with Crippen LogP contribution in [0, 0.1) is 11.3 Å². The highest BCUT2D eigenvalue weighted by molar-refractivity contribution is 6.31. The van der Waals surface area contributed by atoms with E-state index in [0.717, 1.165) is 25.7 Å². The highest BCUT2D eigenvalue weighted by atomic mass is 35.5. The molecule has 3 nitrogen and oxygen atoms in total. The van der Waals surface area contributed by atoms with Crippen molar-refractivity contribution in [2.24, 2.45) is 5.73 Å². The molecule has 1 aromatic rings. The van der Waals surface area contributed by atoms with E-state index in [-0.39, 0.29) is 6.10 Å². The van der Waals surface area contributed by atoms with Crippen molar-refractivity contribution in [3.8, 4) is 11.8 Å². The Balaban J connectivity index is 2.02. The molecule has 0 saturated heterocycles. The van der Waals surface area contributed by atoms with E-state index in [0.29, 0.717) is 22.4 Å². The first-order valence-corrected chi connectivity index (χ1v) is 6.18. The van der Waals surface area contributed by atoms with Crippen molar-refractivity contribution in [2.75, 3.05) is 0 Å². The van der Waals surface area contributed by atoms with Gasteiger partial charge < -0.3 is 10.5 Å². The van der Waals surface area contributed by atoms with Crippen molar-refractivity contribution >= 4 is 11.6 Å². The highest BCUT2D eigenvalue weighted by Crippen LogP contribution is 2.26. The Morgan fingerprint density at radius 2 is 2.00 bits per heavy atom. The van der Waals surface area contributed by atoms with Crippen molar-refractivity contribution in [3.63, 3.8) is 0 Å². The van der Waals surface area contributed by atoms with Gasteiger partial charge in [-0.05, 0) is 43.9 Å². The molecule has 0 atom stereocenters. The van der Waals surface area contributed by atoms with Crippen molar-refractivity contribution < 1.29 is 4.74 Å². The average Bonchev–Trinajstić information content (AvgIpc) is 2.34. The third-order valence-corrected chi connectivity index (χ3v) is 3.41. The second kappa shape index (κ2) is 5.39. The van der Waals surface area contributed by atoms with E-state index in [2.05, 4.69) is 0 Å². The van der Waals surface area contributed by atoms with E-state index in [4.69, 9.17) is 27.3 Å². The van der Waals surface area contributed by atoms with Gasteiger partial charge in [0.1, 0.15) is 11.8 Å². The largest absolute Gasteiger partial charge is 0.490 e. The molecule has 0 heterocycles. The third kappa shape index (κ3) is 3.12. The Morgan fingerprint density at radius 1 is 1.29 bits per heavy atom. The molecule has 0 aromatic heterocycles. The summed E-state index contributed by atoms with van der Waals surface area (Å²) in [5, 5.41) is 9.34. The molecule has 1 aromatic carbocycles. The van der Waals surface area contributed by atoms with Crippen LogP contribution >= 0.6 is 11.6 Å². The summed E-state index contributed by atoms with van der Waals surface area (Å²) in [6.07, 6.45) is 4.17. The molecule has 0 spiro atoms. The minimum absolute atomic E-state index is 0.211. The summed E-state index contributed by atoms with van der Waals surface area (Å²) in [4.78, 5) is 0. The van der Waals surface area contributed by atoms with Gasteiger partial charge in [-0.1, -0.05) is 11.6 Å². The highest BCUT2D eigenvalue weighted by Gasteiger charge is 2.19. The first-order chi connectivity index (χ1) is 8.19. The molecule has 0 amide bonds. The fourth-order valence-electron chi connectivity index (χ4n) is 2.06. The molecule has 0 bridgehead atoms. The number of halogens is 1. The molecule has 1 aliphatic carbocycles. The molecular weight excluding hydrogens is 236 g/mol. The Morgan fingerprint density at radius 3 is 2.65 bits per heavy atom. The van der Waals surface area contributed by atoms with Gasteiger partial charge in [-0.3, -0.25) is 0 Å². The number of benzene rings is 1. The predicted octanol–water partition coefficient (Wildman–Crippen LogP) is 2.86. The number of nitriles is 1. The Hall–Kier alpha value is -1.24. The number of hydrogen-bond donors (Lipinski definition) is 1. The smallest absolute Gasteiger partial charge is 0.121 e. The molecule has 2 N–H and O–H groups in total.